The van der Waals surface area contributed by atoms with Gasteiger partial charge in [0.15, 0.2) is 5.25 Å². The first kappa shape index (κ1) is 25.4. The van der Waals surface area contributed by atoms with Crippen molar-refractivity contribution in [1.29, 1.82) is 5.26 Å². The summed E-state index contributed by atoms with van der Waals surface area (Å²) in [6.07, 6.45) is 17.9. The molecule has 0 saturated heterocycles. The fourth-order valence-corrected chi connectivity index (χ4v) is 4.40. The summed E-state index contributed by atoms with van der Waals surface area (Å²) in [7, 11) is -3.49. The van der Waals surface area contributed by atoms with Gasteiger partial charge < -0.3 is 0 Å². The van der Waals surface area contributed by atoms with Crippen LogP contribution in [0.1, 0.15) is 117 Å². The Bertz CT molecular complexity index is 443. The zero-order valence-corrected chi connectivity index (χ0v) is 18.1. The van der Waals surface area contributed by atoms with Crippen LogP contribution in [-0.2, 0) is 10.0 Å². The van der Waals surface area contributed by atoms with Gasteiger partial charge in [-0.15, -0.1) is 0 Å². The Morgan fingerprint density at radius 2 is 1.15 bits per heavy atom. The van der Waals surface area contributed by atoms with Crippen LogP contribution in [-0.4, -0.2) is 20.2 Å². The molecule has 1 N–H and O–H groups in total. The molecular weight excluding hydrogens is 344 g/mol. The number of nitriles is 1. The molecule has 0 saturated carbocycles. The molecule has 0 fully saturated rings. The number of hydrogen-bond acceptors (Lipinski definition) is 3. The molecule has 4 nitrogen and oxygen atoms in total. The number of nitrogens with one attached hydrogen (secondary N) is 1. The summed E-state index contributed by atoms with van der Waals surface area (Å²) >= 11 is 0. The van der Waals surface area contributed by atoms with E-state index in [0.29, 0.717) is 13.0 Å². The Balaban J connectivity index is 3.77. The lowest BCUT2D eigenvalue weighted by Crippen LogP contribution is -2.34. The van der Waals surface area contributed by atoms with Crippen LogP contribution in [0.3, 0.4) is 0 Å². The highest BCUT2D eigenvalue weighted by Crippen LogP contribution is 2.13. The first-order valence-corrected chi connectivity index (χ1v) is 12.5. The summed E-state index contributed by atoms with van der Waals surface area (Å²) < 4.78 is 27.1. The maximum atomic E-state index is 12.2. The fraction of sp³-hybridized carbons (Fsp3) is 0.952. The van der Waals surface area contributed by atoms with E-state index in [9.17, 15) is 13.7 Å². The van der Waals surface area contributed by atoms with E-state index in [2.05, 4.69) is 18.6 Å². The molecule has 0 aromatic heterocycles. The van der Waals surface area contributed by atoms with Crippen LogP contribution in [0.15, 0.2) is 0 Å². The van der Waals surface area contributed by atoms with Crippen molar-refractivity contribution in [3.8, 4) is 6.07 Å². The quantitative estimate of drug-likeness (QED) is 0.273. The molecule has 1 atom stereocenters. The summed E-state index contributed by atoms with van der Waals surface area (Å²) in [5.74, 6) is 0. The Hall–Kier alpha value is -0.600. The molecule has 0 aliphatic carbocycles. The third kappa shape index (κ3) is 14.6. The molecule has 0 aromatic carbocycles. The zero-order chi connectivity index (χ0) is 19.5. The van der Waals surface area contributed by atoms with E-state index in [1.54, 1.807) is 0 Å². The number of sulfonamides is 1. The van der Waals surface area contributed by atoms with Gasteiger partial charge in [-0.25, -0.2) is 13.1 Å². The van der Waals surface area contributed by atoms with Crippen molar-refractivity contribution in [2.75, 3.05) is 6.54 Å². The van der Waals surface area contributed by atoms with Crippen molar-refractivity contribution in [1.82, 2.24) is 4.72 Å². The third-order valence-electron chi connectivity index (χ3n) is 4.92. The van der Waals surface area contributed by atoms with Crippen LogP contribution in [0.2, 0.25) is 0 Å². The summed E-state index contributed by atoms with van der Waals surface area (Å²) in [6.45, 7) is 4.88. The lowest BCUT2D eigenvalue weighted by atomic mass is 10.1. The Morgan fingerprint density at radius 1 is 0.731 bits per heavy atom. The number of nitrogens with zero attached hydrogens (tertiary/aromatic N) is 1. The molecule has 0 heterocycles. The van der Waals surface area contributed by atoms with Crippen molar-refractivity contribution in [3.63, 3.8) is 0 Å². The molecule has 1 unspecified atom stereocenters. The second-order valence-electron chi connectivity index (χ2n) is 7.44. The maximum Gasteiger partial charge on any atom is 0.227 e. The van der Waals surface area contributed by atoms with Gasteiger partial charge in [-0.3, -0.25) is 0 Å². The molecule has 0 bridgehead atoms. The molecule has 0 aliphatic rings. The third-order valence-corrected chi connectivity index (χ3v) is 6.62. The van der Waals surface area contributed by atoms with Crippen molar-refractivity contribution in [2.45, 2.75) is 122 Å². The van der Waals surface area contributed by atoms with E-state index in [1.807, 2.05) is 6.07 Å². The summed E-state index contributed by atoms with van der Waals surface area (Å²) in [5.41, 5.74) is 0. The number of hydrogen-bond donors (Lipinski definition) is 1. The monoisotopic (exact) mass is 386 g/mol. The molecule has 0 rings (SSSR count). The van der Waals surface area contributed by atoms with Gasteiger partial charge in [-0.2, -0.15) is 5.26 Å². The van der Waals surface area contributed by atoms with Crippen molar-refractivity contribution >= 4 is 10.0 Å². The van der Waals surface area contributed by atoms with Gasteiger partial charge in [0.2, 0.25) is 10.0 Å². The van der Waals surface area contributed by atoms with Crippen LogP contribution in [0.5, 0.6) is 0 Å². The van der Waals surface area contributed by atoms with Gasteiger partial charge in [0.1, 0.15) is 0 Å². The van der Waals surface area contributed by atoms with Gasteiger partial charge in [0, 0.05) is 6.54 Å². The van der Waals surface area contributed by atoms with Gasteiger partial charge in [-0.1, -0.05) is 104 Å². The predicted molar refractivity (Wildman–Crippen MR) is 112 cm³/mol. The minimum atomic E-state index is -3.49. The molecular formula is C21H42N2O2S. The topological polar surface area (TPSA) is 70.0 Å². The SMILES string of the molecule is CCCCCCCCCCNS(=O)(=O)C(C#N)CCCCCCCCC. The number of rotatable bonds is 19. The van der Waals surface area contributed by atoms with Gasteiger partial charge in [0.25, 0.3) is 0 Å². The largest absolute Gasteiger partial charge is 0.227 e. The summed E-state index contributed by atoms with van der Waals surface area (Å²) in [5, 5.41) is 8.31. The number of unbranched alkanes of at least 4 members (excludes halogenated alkanes) is 13. The lowest BCUT2D eigenvalue weighted by molar-refractivity contribution is 0.543. The standard InChI is InChI=1S/C21H42N2O2S/c1-3-5-7-9-11-13-15-17-19-23-26(24,25)21(20-22)18-16-14-12-10-8-6-4-2/h21,23H,3-19H2,1-2H3. The minimum Gasteiger partial charge on any atom is -0.214 e. The van der Waals surface area contributed by atoms with E-state index in [0.717, 1.165) is 32.1 Å². The van der Waals surface area contributed by atoms with E-state index in [-0.39, 0.29) is 0 Å². The first-order valence-electron chi connectivity index (χ1n) is 11.0. The normalized spacial score (nSPS) is 12.8. The minimum absolute atomic E-state index is 0.455. The van der Waals surface area contributed by atoms with Crippen LogP contribution >= 0.6 is 0 Å². The highest BCUT2D eigenvalue weighted by atomic mass is 32.2. The Labute approximate surface area is 163 Å². The second-order valence-corrected chi connectivity index (χ2v) is 9.39. The molecule has 0 aromatic rings. The van der Waals surface area contributed by atoms with E-state index < -0.39 is 15.3 Å². The average Bonchev–Trinajstić information content (AvgIpc) is 2.62. The first-order chi connectivity index (χ1) is 12.6. The van der Waals surface area contributed by atoms with Crippen molar-refractivity contribution in [3.05, 3.63) is 0 Å². The molecule has 0 radical (unpaired) electrons. The van der Waals surface area contributed by atoms with Crippen molar-refractivity contribution in [2.24, 2.45) is 0 Å². The molecule has 154 valence electrons. The molecule has 0 spiro atoms. The smallest absolute Gasteiger partial charge is 0.214 e. The van der Waals surface area contributed by atoms with Gasteiger partial charge >= 0.3 is 0 Å². The fourth-order valence-electron chi connectivity index (χ4n) is 3.15. The lowest BCUT2D eigenvalue weighted by Gasteiger charge is -2.12. The Kier molecular flexibility index (Phi) is 17.4. The Morgan fingerprint density at radius 3 is 1.62 bits per heavy atom. The van der Waals surface area contributed by atoms with Crippen LogP contribution < -0.4 is 4.72 Å². The molecule has 0 aliphatic heterocycles. The maximum absolute atomic E-state index is 12.2. The van der Waals surface area contributed by atoms with Crippen LogP contribution in [0, 0.1) is 11.3 Å². The average molecular weight is 387 g/mol. The van der Waals surface area contributed by atoms with Crippen LogP contribution in [0.4, 0.5) is 0 Å². The highest BCUT2D eigenvalue weighted by Gasteiger charge is 2.23. The predicted octanol–water partition coefficient (Wildman–Crippen LogP) is 6.08. The molecule has 0 amide bonds. The van der Waals surface area contributed by atoms with Gasteiger partial charge in [0.05, 0.1) is 6.07 Å². The zero-order valence-electron chi connectivity index (χ0n) is 17.3. The van der Waals surface area contributed by atoms with E-state index in [4.69, 9.17) is 0 Å². The van der Waals surface area contributed by atoms with Crippen molar-refractivity contribution < 1.29 is 8.42 Å². The van der Waals surface area contributed by atoms with E-state index >= 15 is 0 Å². The van der Waals surface area contributed by atoms with E-state index in [1.165, 1.54) is 64.2 Å². The van der Waals surface area contributed by atoms with Gasteiger partial charge in [-0.05, 0) is 12.8 Å². The second kappa shape index (κ2) is 17.8. The summed E-state index contributed by atoms with van der Waals surface area (Å²) in [6, 6.07) is 1.98. The molecule has 26 heavy (non-hydrogen) atoms. The highest BCUT2D eigenvalue weighted by molar-refractivity contribution is 7.90. The van der Waals surface area contributed by atoms with Crippen LogP contribution in [0.25, 0.3) is 0 Å². The molecule has 5 heteroatoms. The summed E-state index contributed by atoms with van der Waals surface area (Å²) in [4.78, 5) is 0.